The van der Waals surface area contributed by atoms with Crippen LogP contribution in [-0.2, 0) is 20.1 Å². The van der Waals surface area contributed by atoms with Gasteiger partial charge in [0.1, 0.15) is 5.58 Å². The van der Waals surface area contributed by atoms with E-state index < -0.39 is 26.0 Å². The Balaban J connectivity index is 0.000000198. The zero-order valence-corrected chi connectivity index (χ0v) is 33.6. The Morgan fingerprint density at radius 2 is 1.64 bits per heavy atom. The van der Waals surface area contributed by atoms with Gasteiger partial charge >= 0.3 is 117 Å². The largest absolute Gasteiger partial charge is 0.501 e. The van der Waals surface area contributed by atoms with E-state index in [4.69, 9.17) is 9.90 Å². The maximum Gasteiger partial charge on any atom is 0.121 e. The summed E-state index contributed by atoms with van der Waals surface area (Å²) < 4.78 is 39.0. The molecule has 3 heterocycles. The molecule has 0 spiro atoms. The third-order valence-electron chi connectivity index (χ3n) is 9.43. The van der Waals surface area contributed by atoms with Crippen molar-refractivity contribution in [2.75, 3.05) is 0 Å². The third-order valence-corrected chi connectivity index (χ3v) is 13.9. The van der Waals surface area contributed by atoms with Crippen molar-refractivity contribution in [3.63, 3.8) is 0 Å². The van der Waals surface area contributed by atoms with Gasteiger partial charge < -0.3 is 9.40 Å². The van der Waals surface area contributed by atoms with Crippen LogP contribution < -0.4 is 4.40 Å². The molecule has 0 N–H and O–H groups in total. The number of aryl methyl sites for hydroxylation is 2. The van der Waals surface area contributed by atoms with Crippen molar-refractivity contribution < 1.29 is 30.0 Å². The molecule has 1 aliphatic carbocycles. The van der Waals surface area contributed by atoms with Crippen LogP contribution in [0, 0.1) is 25.9 Å². The maximum atomic E-state index is 9.02. The van der Waals surface area contributed by atoms with Gasteiger partial charge in [-0.2, -0.15) is 0 Å². The molecule has 0 saturated heterocycles. The summed E-state index contributed by atoms with van der Waals surface area (Å²) in [6, 6.07) is 38.3. The van der Waals surface area contributed by atoms with Crippen LogP contribution in [0.25, 0.3) is 55.6 Å². The number of benzene rings is 4. The summed E-state index contributed by atoms with van der Waals surface area (Å²) in [5, 5.41) is 2.16. The van der Waals surface area contributed by atoms with Gasteiger partial charge in [0.05, 0.1) is 5.58 Å². The second-order valence-corrected chi connectivity index (χ2v) is 24.6. The predicted octanol–water partition coefficient (Wildman–Crippen LogP) is 11.9. The second kappa shape index (κ2) is 15.6. The fraction of sp³-hybridized carbons (Fsp3) is 0.244. The Morgan fingerprint density at radius 1 is 0.820 bits per heavy atom. The summed E-state index contributed by atoms with van der Waals surface area (Å²) in [5.41, 5.74) is 9.97. The summed E-state index contributed by atoms with van der Waals surface area (Å²) in [5.74, 6) is 6.53. The van der Waals surface area contributed by atoms with Crippen molar-refractivity contribution in [1.29, 1.82) is 0 Å². The summed E-state index contributed by atoms with van der Waals surface area (Å²) in [7, 11) is 0. The molecule has 5 heteroatoms. The first-order valence-corrected chi connectivity index (χ1v) is 24.5. The molecule has 0 unspecified atom stereocenters. The zero-order valence-electron chi connectivity index (χ0n) is 33.1. The van der Waals surface area contributed by atoms with Gasteiger partial charge in [0.25, 0.3) is 0 Å². The van der Waals surface area contributed by atoms with Crippen LogP contribution in [0.4, 0.5) is 0 Å². The molecule has 0 aliphatic heterocycles. The standard InChI is InChI=1S/C29H24NO.C16H20GeN.Ir/c1-3-8-20(9-4-1)22-14-15-24-25-12-7-13-26(29(25)31-28(24)19-22)27-18-23(16-17-30-27)21-10-5-2-6-11-21;1-12-6-8-14(9-7-12)16-10-13(2)15(11-18-16)17(3,4)5;/h1,3-4,7-9,12,14-19,21H,2,5-6,10-11H2;6-8,10-11H,1-5H3;/q2*-1;/i21D;1D3;. The van der Waals surface area contributed by atoms with Crippen molar-refractivity contribution in [3.05, 3.63) is 138 Å². The van der Waals surface area contributed by atoms with Crippen LogP contribution in [0.5, 0.6) is 0 Å². The molecule has 0 amide bonds. The van der Waals surface area contributed by atoms with Crippen LogP contribution in [0.3, 0.4) is 0 Å². The van der Waals surface area contributed by atoms with Gasteiger partial charge in [-0.3, -0.25) is 0 Å². The summed E-state index contributed by atoms with van der Waals surface area (Å²) in [4.78, 5) is 9.19. The number of nitrogens with zero attached hydrogens (tertiary/aromatic N) is 2. The Bertz CT molecular complexity index is 2380. The molecule has 1 saturated carbocycles. The first-order chi connectivity index (χ1) is 25.3. The van der Waals surface area contributed by atoms with Gasteiger partial charge in [0.15, 0.2) is 0 Å². The fourth-order valence-corrected chi connectivity index (χ4v) is 10.5. The average Bonchev–Trinajstić information content (AvgIpc) is 3.53. The smallest absolute Gasteiger partial charge is 0.121 e. The Morgan fingerprint density at radius 3 is 2.36 bits per heavy atom. The molecule has 0 atom stereocenters. The van der Waals surface area contributed by atoms with E-state index in [1.807, 2.05) is 30.6 Å². The number of furan rings is 1. The number of pyridine rings is 2. The van der Waals surface area contributed by atoms with Gasteiger partial charge in [-0.15, -0.1) is 18.2 Å². The molecule has 1 fully saturated rings. The number of hydrogen-bond donors (Lipinski definition) is 0. The molecule has 1 aliphatic rings. The van der Waals surface area contributed by atoms with E-state index in [9.17, 15) is 0 Å². The normalized spacial score (nSPS) is 15.5. The third kappa shape index (κ3) is 7.89. The monoisotopic (exact) mass is 899 g/mol. The van der Waals surface area contributed by atoms with Crippen molar-refractivity contribution in [2.24, 2.45) is 0 Å². The number of hydrogen-bond acceptors (Lipinski definition) is 3. The fourth-order valence-electron chi connectivity index (χ4n) is 6.87. The Kier molecular flexibility index (Phi) is 9.66. The van der Waals surface area contributed by atoms with E-state index in [0.29, 0.717) is 5.56 Å². The van der Waals surface area contributed by atoms with Gasteiger partial charge in [-0.1, -0.05) is 84.3 Å². The summed E-state index contributed by atoms with van der Waals surface area (Å²) in [6.45, 7) is 0.0375. The quantitative estimate of drug-likeness (QED) is 0.128. The maximum absolute atomic E-state index is 9.02. The Labute approximate surface area is 318 Å². The molecule has 4 aromatic carbocycles. The minimum absolute atomic E-state index is 0. The summed E-state index contributed by atoms with van der Waals surface area (Å²) >= 11 is -1.89. The minimum atomic E-state index is -2.08. The van der Waals surface area contributed by atoms with Gasteiger partial charge in [-0.05, 0) is 47.7 Å². The molecule has 7 aromatic rings. The van der Waals surface area contributed by atoms with Crippen molar-refractivity contribution >= 4 is 39.6 Å². The van der Waals surface area contributed by atoms with Crippen LogP contribution in [0.15, 0.2) is 114 Å². The van der Waals surface area contributed by atoms with Gasteiger partial charge in [-0.25, -0.2) is 0 Å². The van der Waals surface area contributed by atoms with E-state index in [1.54, 1.807) is 12.1 Å². The van der Waals surface area contributed by atoms with Crippen LogP contribution >= 0.6 is 0 Å². The Hall–Kier alpha value is -3.83. The van der Waals surface area contributed by atoms with Gasteiger partial charge in [0, 0.05) is 33.1 Å². The second-order valence-electron chi connectivity index (χ2n) is 14.0. The van der Waals surface area contributed by atoms with Crippen molar-refractivity contribution in [3.8, 4) is 33.6 Å². The SMILES string of the molecule is [2H]C([2H])([2H])c1c[c-]c(-c2cc(C)[c]([Ge]([CH3])([CH3])[CH3])cn2)cc1.[2H]C1(c2ccnc(-c3[c-]ccc4c3oc3cc(-c5ccccc5)ccc34)c2)CCCCC1.[Ir]. The molecule has 3 nitrogen and oxygen atoms in total. The van der Waals surface area contributed by atoms with Gasteiger partial charge in [0.2, 0.25) is 0 Å². The number of aromatic nitrogens is 2. The number of fused-ring (bicyclic) bond motifs is 3. The summed E-state index contributed by atoms with van der Waals surface area (Å²) in [6.07, 6.45) is 9.12. The molecular formula is C45H44GeIrN2O-2. The molecule has 8 rings (SSSR count). The van der Waals surface area contributed by atoms with E-state index in [-0.39, 0.29) is 20.1 Å². The van der Waals surface area contributed by atoms with E-state index in [2.05, 4.69) is 107 Å². The van der Waals surface area contributed by atoms with E-state index in [1.165, 1.54) is 28.0 Å². The first-order valence-electron chi connectivity index (χ1n) is 19.2. The van der Waals surface area contributed by atoms with E-state index in [0.717, 1.165) is 81.3 Å². The predicted molar refractivity (Wildman–Crippen MR) is 208 cm³/mol. The van der Waals surface area contributed by atoms with E-state index >= 15 is 0 Å². The number of rotatable bonds is 5. The van der Waals surface area contributed by atoms with Crippen molar-refractivity contribution in [1.82, 2.24) is 9.97 Å². The van der Waals surface area contributed by atoms with Crippen LogP contribution in [0.2, 0.25) is 17.3 Å². The molecular weight excluding hydrogens is 849 g/mol. The molecule has 3 aromatic heterocycles. The molecule has 50 heavy (non-hydrogen) atoms. The molecule has 0 bridgehead atoms. The molecule has 255 valence electrons. The average molecular weight is 898 g/mol. The minimum Gasteiger partial charge on any atom is -0.501 e. The topological polar surface area (TPSA) is 38.9 Å². The zero-order chi connectivity index (χ0) is 37.4. The molecule has 1 radical (unpaired) electrons. The van der Waals surface area contributed by atoms with Crippen molar-refractivity contribution in [2.45, 2.75) is 69.0 Å². The first kappa shape index (κ1) is 31.0. The van der Waals surface area contributed by atoms with Crippen LogP contribution in [0.1, 0.15) is 60.2 Å². The van der Waals surface area contributed by atoms with Crippen LogP contribution in [-0.4, -0.2) is 23.2 Å².